The fraction of sp³-hybridized carbons (Fsp3) is 0.0769. The van der Waals surface area contributed by atoms with E-state index in [9.17, 15) is 15.3 Å². The predicted molar refractivity (Wildman–Crippen MR) is 70.3 cm³/mol. The smallest absolute Gasteiger partial charge is 0.872 e. The summed E-state index contributed by atoms with van der Waals surface area (Å²) in [5.74, 6) is -0.586. The summed E-state index contributed by atoms with van der Waals surface area (Å²) in [5, 5.41) is 47.8. The first-order chi connectivity index (χ1) is 8.58. The Morgan fingerprint density at radius 1 is 0.700 bits per heavy atom. The van der Waals surface area contributed by atoms with Crippen LogP contribution in [0.1, 0.15) is 0 Å². The SMILES string of the molecule is C[O-].[Mg+2].[Mg+2].[O-]c1cccc(O)c1.[O-]c1cccc([O-])c1. The first-order valence-electron chi connectivity index (χ1n) is 4.89. The molecule has 7 heteroatoms. The van der Waals surface area contributed by atoms with Gasteiger partial charge in [-0.3, -0.25) is 0 Å². The Bertz CT molecular complexity index is 388. The molecule has 0 amide bonds. The summed E-state index contributed by atoms with van der Waals surface area (Å²) in [6.07, 6.45) is 0. The third-order valence-corrected chi connectivity index (χ3v) is 1.62. The zero-order chi connectivity index (χ0) is 14.0. The molecule has 2 aromatic carbocycles. The monoisotopic (exact) mass is 296 g/mol. The Morgan fingerprint density at radius 3 is 1.25 bits per heavy atom. The van der Waals surface area contributed by atoms with Crippen LogP contribution in [-0.2, 0) is 0 Å². The number of phenols is 1. The van der Waals surface area contributed by atoms with E-state index in [4.69, 9.17) is 10.2 Å². The number of hydrogen-bond donors (Lipinski definition) is 1. The maximum absolute atomic E-state index is 10.3. The Morgan fingerprint density at radius 2 is 1.05 bits per heavy atom. The normalized spacial score (nSPS) is 7.50. The molecule has 0 saturated carbocycles. The van der Waals surface area contributed by atoms with Crippen LogP contribution in [0, 0.1) is 0 Å². The van der Waals surface area contributed by atoms with Crippen molar-refractivity contribution in [3.05, 3.63) is 48.5 Å². The first kappa shape index (κ1) is 24.2. The van der Waals surface area contributed by atoms with Crippen LogP contribution in [-0.4, -0.2) is 58.3 Å². The number of rotatable bonds is 0. The maximum Gasteiger partial charge on any atom is 2.00 e. The van der Waals surface area contributed by atoms with Crippen molar-refractivity contribution in [2.24, 2.45) is 0 Å². The van der Waals surface area contributed by atoms with Crippen LogP contribution in [0.2, 0.25) is 0 Å². The van der Waals surface area contributed by atoms with Gasteiger partial charge in [0, 0.05) is 0 Å². The molecule has 0 aliphatic heterocycles. The number of phenolic OH excluding ortho intramolecular Hbond substituents is 1. The molecule has 0 atom stereocenters. The van der Waals surface area contributed by atoms with E-state index in [1.54, 1.807) is 0 Å². The summed E-state index contributed by atoms with van der Waals surface area (Å²) in [4.78, 5) is 0. The van der Waals surface area contributed by atoms with Gasteiger partial charge in [-0.25, -0.2) is 0 Å². The molecule has 0 unspecified atom stereocenters. The molecule has 0 radical (unpaired) electrons. The number of benzene rings is 2. The van der Waals surface area contributed by atoms with Gasteiger partial charge in [0.2, 0.25) is 0 Å². The van der Waals surface area contributed by atoms with Crippen molar-refractivity contribution < 1.29 is 25.5 Å². The molecular formula is C13H12Mg2O5. The molecule has 0 aromatic heterocycles. The predicted octanol–water partition coefficient (Wildman–Crippen LogP) is -1.49. The molecule has 1 N–H and O–H groups in total. The van der Waals surface area contributed by atoms with Crippen LogP contribution in [0.3, 0.4) is 0 Å². The van der Waals surface area contributed by atoms with Crippen molar-refractivity contribution >= 4 is 46.1 Å². The van der Waals surface area contributed by atoms with E-state index in [-0.39, 0.29) is 69.1 Å². The molecule has 0 bridgehead atoms. The van der Waals surface area contributed by atoms with E-state index < -0.39 is 0 Å². The molecule has 98 valence electrons. The zero-order valence-corrected chi connectivity index (χ0v) is 13.9. The van der Waals surface area contributed by atoms with E-state index in [1.165, 1.54) is 42.5 Å². The summed E-state index contributed by atoms with van der Waals surface area (Å²) >= 11 is 0. The van der Waals surface area contributed by atoms with Crippen molar-refractivity contribution in [3.63, 3.8) is 0 Å². The van der Waals surface area contributed by atoms with Crippen molar-refractivity contribution in [1.82, 2.24) is 0 Å². The van der Waals surface area contributed by atoms with Gasteiger partial charge in [-0.05, 0) is 12.1 Å². The molecule has 20 heavy (non-hydrogen) atoms. The van der Waals surface area contributed by atoms with Gasteiger partial charge in [0.05, 0.1) is 0 Å². The van der Waals surface area contributed by atoms with Crippen molar-refractivity contribution in [1.29, 1.82) is 0 Å². The van der Waals surface area contributed by atoms with Crippen LogP contribution in [0.4, 0.5) is 0 Å². The minimum absolute atomic E-state index is 0. The Balaban J connectivity index is -0.000000236. The van der Waals surface area contributed by atoms with Crippen LogP contribution >= 0.6 is 0 Å². The molecule has 2 rings (SSSR count). The van der Waals surface area contributed by atoms with Gasteiger partial charge in [-0.15, -0.1) is 17.2 Å². The Kier molecular flexibility index (Phi) is 17.6. The summed E-state index contributed by atoms with van der Waals surface area (Å²) in [6.45, 7) is 0. The second-order valence-electron chi connectivity index (χ2n) is 2.97. The van der Waals surface area contributed by atoms with Crippen molar-refractivity contribution in [3.8, 4) is 23.0 Å². The minimum Gasteiger partial charge on any atom is -0.872 e. The fourth-order valence-corrected chi connectivity index (χ4v) is 0.958. The average molecular weight is 297 g/mol. The molecule has 0 aliphatic carbocycles. The maximum atomic E-state index is 10.3. The van der Waals surface area contributed by atoms with E-state index in [2.05, 4.69) is 0 Å². The largest absolute Gasteiger partial charge is 2.00 e. The molecule has 0 spiro atoms. The molecule has 0 saturated heterocycles. The van der Waals surface area contributed by atoms with E-state index in [0.717, 1.165) is 13.2 Å². The van der Waals surface area contributed by atoms with E-state index in [1.807, 2.05) is 0 Å². The summed E-state index contributed by atoms with van der Waals surface area (Å²) in [6, 6.07) is 10.7. The quantitative estimate of drug-likeness (QED) is 0.595. The number of aromatic hydroxyl groups is 1. The third-order valence-electron chi connectivity index (χ3n) is 1.62. The third kappa shape index (κ3) is 12.2. The summed E-state index contributed by atoms with van der Waals surface area (Å²) in [5.41, 5.74) is 0. The first-order valence-corrected chi connectivity index (χ1v) is 4.89. The fourth-order valence-electron chi connectivity index (χ4n) is 0.958. The molecule has 5 nitrogen and oxygen atoms in total. The van der Waals surface area contributed by atoms with E-state index >= 15 is 0 Å². The summed E-state index contributed by atoms with van der Waals surface area (Å²) < 4.78 is 0. The molecule has 2 aromatic rings. The van der Waals surface area contributed by atoms with Crippen LogP contribution in [0.25, 0.3) is 0 Å². The van der Waals surface area contributed by atoms with Gasteiger partial charge in [-0.2, -0.15) is 7.11 Å². The average Bonchev–Trinajstić information content (AvgIpc) is 2.31. The van der Waals surface area contributed by atoms with E-state index in [0.29, 0.717) is 0 Å². The standard InChI is InChI=1S/2C6H6O2.CH3O.2Mg/c2*7-5-2-1-3-6(8)4-5;1-2;;/h2*1-4,7-8H;1H3;;/q;;-1;2*+2/p-3. The minimum atomic E-state index is -0.225. The van der Waals surface area contributed by atoms with Gasteiger partial charge in [0.15, 0.2) is 0 Å². The van der Waals surface area contributed by atoms with Gasteiger partial charge >= 0.3 is 46.1 Å². The van der Waals surface area contributed by atoms with Gasteiger partial charge in [0.1, 0.15) is 5.75 Å². The topological polar surface area (TPSA) is 112 Å². The Hall–Kier alpha value is -0.868. The van der Waals surface area contributed by atoms with Crippen LogP contribution < -0.4 is 20.4 Å². The molecule has 0 heterocycles. The van der Waals surface area contributed by atoms with Gasteiger partial charge in [-0.1, -0.05) is 36.4 Å². The van der Waals surface area contributed by atoms with Crippen LogP contribution in [0.5, 0.6) is 23.0 Å². The zero-order valence-electron chi connectivity index (χ0n) is 11.1. The summed E-state index contributed by atoms with van der Waals surface area (Å²) in [7, 11) is 0.750. The number of hydrogen-bond acceptors (Lipinski definition) is 5. The molecule has 0 fully saturated rings. The second-order valence-corrected chi connectivity index (χ2v) is 2.97. The molecule has 0 aliphatic rings. The second kappa shape index (κ2) is 14.5. The Labute approximate surface area is 149 Å². The van der Waals surface area contributed by atoms with Crippen LogP contribution in [0.15, 0.2) is 48.5 Å². The van der Waals surface area contributed by atoms with Gasteiger partial charge < -0.3 is 25.5 Å². The van der Waals surface area contributed by atoms with Gasteiger partial charge in [0.25, 0.3) is 0 Å². The van der Waals surface area contributed by atoms with Crippen molar-refractivity contribution in [2.45, 2.75) is 0 Å². The molecular weight excluding hydrogens is 285 g/mol. The van der Waals surface area contributed by atoms with Crippen molar-refractivity contribution in [2.75, 3.05) is 7.11 Å².